The van der Waals surface area contributed by atoms with Crippen LogP contribution in [-0.4, -0.2) is 29.6 Å². The zero-order valence-corrected chi connectivity index (χ0v) is 11.5. The fraction of sp³-hybridized carbons (Fsp3) is 0.692. The lowest BCUT2D eigenvalue weighted by molar-refractivity contribution is -0.141. The largest absolute Gasteiger partial charge is 0.433 e. The number of anilines is 2. The molecule has 0 atom stereocenters. The number of piperidine rings is 1. The Hall–Kier alpha value is -1.53. The Morgan fingerprint density at radius 2 is 1.90 bits per heavy atom. The van der Waals surface area contributed by atoms with Gasteiger partial charge in [0.2, 0.25) is 5.95 Å². The third kappa shape index (κ3) is 3.74. The third-order valence-corrected chi connectivity index (χ3v) is 3.22. The molecule has 0 radical (unpaired) electrons. The van der Waals surface area contributed by atoms with Crippen LogP contribution < -0.4 is 10.2 Å². The molecule has 0 unspecified atom stereocenters. The van der Waals surface area contributed by atoms with Crippen molar-refractivity contribution in [3.63, 3.8) is 0 Å². The van der Waals surface area contributed by atoms with E-state index < -0.39 is 11.9 Å². The second-order valence-electron chi connectivity index (χ2n) is 4.91. The molecular weight excluding hydrogens is 269 g/mol. The number of aromatic nitrogens is 2. The Morgan fingerprint density at radius 3 is 2.50 bits per heavy atom. The first kappa shape index (κ1) is 14.9. The highest BCUT2D eigenvalue weighted by molar-refractivity contribution is 5.45. The maximum atomic E-state index is 12.9. The predicted molar refractivity (Wildman–Crippen MR) is 71.9 cm³/mol. The van der Waals surface area contributed by atoms with Crippen LogP contribution in [0.15, 0.2) is 6.07 Å². The van der Waals surface area contributed by atoms with Crippen molar-refractivity contribution < 1.29 is 13.2 Å². The van der Waals surface area contributed by atoms with Crippen LogP contribution in [0, 0.1) is 0 Å². The molecule has 2 rings (SSSR count). The Morgan fingerprint density at radius 1 is 1.20 bits per heavy atom. The highest BCUT2D eigenvalue weighted by Gasteiger charge is 2.34. The van der Waals surface area contributed by atoms with Gasteiger partial charge in [-0.3, -0.25) is 0 Å². The molecule has 0 aromatic carbocycles. The van der Waals surface area contributed by atoms with Crippen molar-refractivity contribution in [3.8, 4) is 0 Å². The summed E-state index contributed by atoms with van der Waals surface area (Å²) in [5, 5.41) is 2.84. The average Bonchev–Trinajstić information content (AvgIpc) is 2.45. The minimum absolute atomic E-state index is 0.0576. The molecule has 2 heterocycles. The molecule has 0 amide bonds. The van der Waals surface area contributed by atoms with Crippen LogP contribution in [0.2, 0.25) is 0 Å². The van der Waals surface area contributed by atoms with Gasteiger partial charge in [0.25, 0.3) is 0 Å². The number of nitrogens with zero attached hydrogens (tertiary/aromatic N) is 3. The summed E-state index contributed by atoms with van der Waals surface area (Å²) in [4.78, 5) is 9.68. The summed E-state index contributed by atoms with van der Waals surface area (Å²) in [6.45, 7) is 4.00. The van der Waals surface area contributed by atoms with Crippen molar-refractivity contribution in [3.05, 3.63) is 11.8 Å². The van der Waals surface area contributed by atoms with Crippen molar-refractivity contribution in [1.29, 1.82) is 0 Å². The molecule has 0 bridgehead atoms. The van der Waals surface area contributed by atoms with E-state index in [0.29, 0.717) is 12.4 Å². The van der Waals surface area contributed by atoms with Crippen LogP contribution in [-0.2, 0) is 6.18 Å². The zero-order chi connectivity index (χ0) is 14.6. The molecule has 1 aliphatic heterocycles. The smallest absolute Gasteiger partial charge is 0.356 e. The van der Waals surface area contributed by atoms with E-state index in [9.17, 15) is 13.2 Å². The van der Waals surface area contributed by atoms with Crippen LogP contribution in [0.1, 0.15) is 38.3 Å². The number of hydrogen-bond acceptors (Lipinski definition) is 4. The molecule has 1 aliphatic rings. The quantitative estimate of drug-likeness (QED) is 0.923. The Labute approximate surface area is 116 Å². The van der Waals surface area contributed by atoms with E-state index in [2.05, 4.69) is 15.3 Å². The van der Waals surface area contributed by atoms with Gasteiger partial charge >= 0.3 is 6.18 Å². The second-order valence-corrected chi connectivity index (χ2v) is 4.91. The van der Waals surface area contributed by atoms with Gasteiger partial charge in [-0.15, -0.1) is 0 Å². The maximum Gasteiger partial charge on any atom is 0.433 e. The summed E-state index contributed by atoms with van der Waals surface area (Å²) in [5.74, 6) is 0.424. The lowest BCUT2D eigenvalue weighted by Crippen LogP contribution is -2.31. The van der Waals surface area contributed by atoms with E-state index >= 15 is 0 Å². The average molecular weight is 288 g/mol. The van der Waals surface area contributed by atoms with Gasteiger partial charge in [-0.25, -0.2) is 4.98 Å². The summed E-state index contributed by atoms with van der Waals surface area (Å²) in [6.07, 6.45) is -0.546. The first-order valence-corrected chi connectivity index (χ1v) is 6.96. The molecule has 1 saturated heterocycles. The lowest BCUT2D eigenvalue weighted by atomic mass is 10.1. The van der Waals surface area contributed by atoms with Crippen LogP contribution in [0.4, 0.5) is 24.9 Å². The number of alkyl halides is 3. The van der Waals surface area contributed by atoms with Gasteiger partial charge in [0.1, 0.15) is 5.82 Å². The van der Waals surface area contributed by atoms with Crippen LogP contribution in [0.3, 0.4) is 0 Å². The fourth-order valence-electron chi connectivity index (χ4n) is 2.18. The van der Waals surface area contributed by atoms with E-state index in [-0.39, 0.29) is 5.95 Å². The highest BCUT2D eigenvalue weighted by Crippen LogP contribution is 2.31. The van der Waals surface area contributed by atoms with Gasteiger partial charge in [0.15, 0.2) is 5.69 Å². The van der Waals surface area contributed by atoms with Gasteiger partial charge < -0.3 is 10.2 Å². The molecule has 0 aliphatic carbocycles. The topological polar surface area (TPSA) is 41.1 Å². The molecule has 112 valence electrons. The number of hydrogen-bond donors (Lipinski definition) is 1. The minimum Gasteiger partial charge on any atom is -0.356 e. The van der Waals surface area contributed by atoms with Gasteiger partial charge in [-0.1, -0.05) is 6.92 Å². The fourth-order valence-corrected chi connectivity index (χ4v) is 2.18. The molecule has 1 aromatic heterocycles. The van der Waals surface area contributed by atoms with Crippen molar-refractivity contribution in [2.45, 2.75) is 38.8 Å². The van der Waals surface area contributed by atoms with Gasteiger partial charge in [0, 0.05) is 25.7 Å². The third-order valence-electron chi connectivity index (χ3n) is 3.22. The molecule has 7 heteroatoms. The van der Waals surface area contributed by atoms with Gasteiger partial charge in [-0.2, -0.15) is 18.2 Å². The number of rotatable bonds is 4. The van der Waals surface area contributed by atoms with Crippen molar-refractivity contribution in [2.75, 3.05) is 29.9 Å². The predicted octanol–water partition coefficient (Wildman–Crippen LogP) is 3.31. The summed E-state index contributed by atoms with van der Waals surface area (Å²) in [5.41, 5.74) is -0.883. The lowest BCUT2D eigenvalue weighted by Gasteiger charge is -2.28. The molecular formula is C13H19F3N4. The Bertz CT molecular complexity index is 442. The van der Waals surface area contributed by atoms with Crippen LogP contribution in [0.25, 0.3) is 0 Å². The van der Waals surface area contributed by atoms with Crippen LogP contribution >= 0.6 is 0 Å². The molecule has 4 nitrogen and oxygen atoms in total. The zero-order valence-electron chi connectivity index (χ0n) is 11.5. The van der Waals surface area contributed by atoms with Crippen molar-refractivity contribution in [1.82, 2.24) is 9.97 Å². The summed E-state index contributed by atoms with van der Waals surface area (Å²) in [7, 11) is 0. The molecule has 1 N–H and O–H groups in total. The molecule has 0 saturated carbocycles. The standard InChI is InChI=1S/C13H19F3N4/c1-2-6-17-12-18-10(13(14,15)16)9-11(19-12)20-7-4-3-5-8-20/h9H,2-8H2,1H3,(H,17,18,19). The highest BCUT2D eigenvalue weighted by atomic mass is 19.4. The normalized spacial score (nSPS) is 16.3. The number of halogens is 3. The summed E-state index contributed by atoms with van der Waals surface area (Å²) < 4.78 is 38.7. The number of nitrogens with one attached hydrogen (secondary N) is 1. The minimum atomic E-state index is -4.45. The molecule has 1 aromatic rings. The SMILES string of the molecule is CCCNc1nc(N2CCCCC2)cc(C(F)(F)F)n1. The van der Waals surface area contributed by atoms with E-state index in [1.54, 1.807) is 0 Å². The van der Waals surface area contributed by atoms with E-state index in [1.807, 2.05) is 11.8 Å². The summed E-state index contributed by atoms with van der Waals surface area (Å²) >= 11 is 0. The molecule has 1 fully saturated rings. The molecule has 0 spiro atoms. The van der Waals surface area contributed by atoms with Gasteiger partial charge in [-0.05, 0) is 25.7 Å². The first-order valence-electron chi connectivity index (χ1n) is 6.96. The van der Waals surface area contributed by atoms with Crippen LogP contribution in [0.5, 0.6) is 0 Å². The van der Waals surface area contributed by atoms with Crippen molar-refractivity contribution in [2.24, 2.45) is 0 Å². The summed E-state index contributed by atoms with van der Waals surface area (Å²) in [6, 6.07) is 1.04. The van der Waals surface area contributed by atoms with Crippen molar-refractivity contribution >= 4 is 11.8 Å². The Balaban J connectivity index is 2.29. The first-order chi connectivity index (χ1) is 9.50. The second kappa shape index (κ2) is 6.28. The van der Waals surface area contributed by atoms with E-state index in [4.69, 9.17) is 0 Å². The van der Waals surface area contributed by atoms with Gasteiger partial charge in [0.05, 0.1) is 0 Å². The molecule has 20 heavy (non-hydrogen) atoms. The van der Waals surface area contributed by atoms with E-state index in [1.165, 1.54) is 0 Å². The van der Waals surface area contributed by atoms with E-state index in [0.717, 1.165) is 44.8 Å². The maximum absolute atomic E-state index is 12.9. The Kier molecular flexibility index (Phi) is 4.67. The monoisotopic (exact) mass is 288 g/mol.